The average Bonchev–Trinajstić information content (AvgIpc) is 3.36. The Bertz CT molecular complexity index is 1150. The number of amides is 1. The zero-order valence-electron chi connectivity index (χ0n) is 17.3. The summed E-state index contributed by atoms with van der Waals surface area (Å²) in [6.07, 6.45) is -0.210. The first kappa shape index (κ1) is 20.8. The standard InChI is InChI=1S/C26H22FNO3S/c27-23-12-6-5-11-21(23)25(29)24-13-16(32)14-28(24)26(30)31-15-22-19-9-3-1-7-17(19)18-8-2-4-10-20(18)22/h1-12,16,22,24,32H,13-15H2/t16-,24+/m1/s1. The molecule has 2 atom stereocenters. The molecular formula is C26H22FNO3S. The van der Waals surface area contributed by atoms with Gasteiger partial charge in [0.15, 0.2) is 5.78 Å². The summed E-state index contributed by atoms with van der Waals surface area (Å²) >= 11 is 4.47. The minimum absolute atomic E-state index is 0.0172. The van der Waals surface area contributed by atoms with Crippen molar-refractivity contribution in [3.8, 4) is 11.1 Å². The highest BCUT2D eigenvalue weighted by Gasteiger charge is 2.40. The number of fused-ring (bicyclic) bond motifs is 3. The fourth-order valence-corrected chi connectivity index (χ4v) is 5.16. The number of ether oxygens (including phenoxy) is 1. The minimum Gasteiger partial charge on any atom is -0.448 e. The van der Waals surface area contributed by atoms with Gasteiger partial charge in [0.05, 0.1) is 11.6 Å². The van der Waals surface area contributed by atoms with Crippen LogP contribution in [0.15, 0.2) is 72.8 Å². The van der Waals surface area contributed by atoms with Gasteiger partial charge in [-0.1, -0.05) is 60.7 Å². The van der Waals surface area contributed by atoms with Gasteiger partial charge in [-0.15, -0.1) is 0 Å². The van der Waals surface area contributed by atoms with Crippen LogP contribution in [-0.2, 0) is 4.74 Å². The maximum atomic E-state index is 14.2. The van der Waals surface area contributed by atoms with Crippen molar-refractivity contribution < 1.29 is 18.7 Å². The third-order valence-electron chi connectivity index (χ3n) is 6.29. The topological polar surface area (TPSA) is 46.6 Å². The van der Waals surface area contributed by atoms with Gasteiger partial charge in [0.1, 0.15) is 12.4 Å². The lowest BCUT2D eigenvalue weighted by Crippen LogP contribution is -2.41. The van der Waals surface area contributed by atoms with E-state index in [2.05, 4.69) is 36.9 Å². The van der Waals surface area contributed by atoms with Gasteiger partial charge in [-0.25, -0.2) is 9.18 Å². The minimum atomic E-state index is -0.787. The van der Waals surface area contributed by atoms with Crippen LogP contribution in [0.5, 0.6) is 0 Å². The molecule has 0 spiro atoms. The van der Waals surface area contributed by atoms with Crippen molar-refractivity contribution >= 4 is 24.5 Å². The number of carbonyl (C=O) groups excluding carboxylic acids is 2. The Balaban J connectivity index is 1.35. The summed E-state index contributed by atoms with van der Waals surface area (Å²) in [5.74, 6) is -1.08. The Kier molecular flexibility index (Phi) is 5.47. The van der Waals surface area contributed by atoms with E-state index in [-0.39, 0.29) is 29.9 Å². The number of nitrogens with zero attached hydrogens (tertiary/aromatic N) is 1. The molecule has 1 aliphatic heterocycles. The smallest absolute Gasteiger partial charge is 0.410 e. The predicted molar refractivity (Wildman–Crippen MR) is 124 cm³/mol. The summed E-state index contributed by atoms with van der Waals surface area (Å²) in [5.41, 5.74) is 4.51. The van der Waals surface area contributed by atoms with Gasteiger partial charge in [0.2, 0.25) is 0 Å². The van der Waals surface area contributed by atoms with E-state index in [0.717, 1.165) is 22.3 Å². The van der Waals surface area contributed by atoms with E-state index < -0.39 is 23.7 Å². The van der Waals surface area contributed by atoms with Crippen LogP contribution in [0.4, 0.5) is 9.18 Å². The van der Waals surface area contributed by atoms with E-state index in [4.69, 9.17) is 4.74 Å². The molecule has 0 N–H and O–H groups in total. The maximum absolute atomic E-state index is 14.2. The van der Waals surface area contributed by atoms with Crippen LogP contribution in [0, 0.1) is 5.82 Å². The molecule has 2 aliphatic rings. The second-order valence-corrected chi connectivity index (χ2v) is 8.94. The molecule has 0 aromatic heterocycles. The maximum Gasteiger partial charge on any atom is 0.410 e. The van der Waals surface area contributed by atoms with Crippen molar-refractivity contribution in [1.82, 2.24) is 4.90 Å². The average molecular weight is 448 g/mol. The van der Waals surface area contributed by atoms with Crippen molar-refractivity contribution in [3.63, 3.8) is 0 Å². The quantitative estimate of drug-likeness (QED) is 0.434. The van der Waals surface area contributed by atoms with Crippen LogP contribution in [0.1, 0.15) is 33.8 Å². The highest BCUT2D eigenvalue weighted by molar-refractivity contribution is 7.81. The van der Waals surface area contributed by atoms with Crippen LogP contribution in [0.3, 0.4) is 0 Å². The Morgan fingerprint density at radius 2 is 1.53 bits per heavy atom. The molecule has 162 valence electrons. The van der Waals surface area contributed by atoms with Crippen LogP contribution >= 0.6 is 12.6 Å². The van der Waals surface area contributed by atoms with E-state index in [9.17, 15) is 14.0 Å². The third kappa shape index (κ3) is 3.58. The molecule has 1 heterocycles. The molecule has 0 saturated carbocycles. The van der Waals surface area contributed by atoms with Gasteiger partial charge in [-0.05, 0) is 40.8 Å². The number of carbonyl (C=O) groups is 2. The molecule has 1 saturated heterocycles. The van der Waals surface area contributed by atoms with Crippen molar-refractivity contribution in [1.29, 1.82) is 0 Å². The van der Waals surface area contributed by atoms with Gasteiger partial charge in [0.25, 0.3) is 0 Å². The van der Waals surface area contributed by atoms with E-state index in [1.807, 2.05) is 24.3 Å². The first-order valence-electron chi connectivity index (χ1n) is 10.6. The summed E-state index contributed by atoms with van der Waals surface area (Å²) in [5, 5.41) is -0.170. The summed E-state index contributed by atoms with van der Waals surface area (Å²) in [4.78, 5) is 27.4. The highest BCUT2D eigenvalue weighted by atomic mass is 32.1. The lowest BCUT2D eigenvalue weighted by atomic mass is 9.98. The fourth-order valence-electron chi connectivity index (χ4n) is 4.78. The van der Waals surface area contributed by atoms with Crippen molar-refractivity contribution in [2.75, 3.05) is 13.2 Å². The van der Waals surface area contributed by atoms with E-state index in [0.29, 0.717) is 6.42 Å². The van der Waals surface area contributed by atoms with E-state index in [1.165, 1.54) is 23.1 Å². The molecule has 1 aliphatic carbocycles. The van der Waals surface area contributed by atoms with Crippen molar-refractivity contribution in [3.05, 3.63) is 95.3 Å². The van der Waals surface area contributed by atoms with Gasteiger partial charge < -0.3 is 4.74 Å². The summed E-state index contributed by atoms with van der Waals surface area (Å²) < 4.78 is 19.9. The molecule has 3 aromatic carbocycles. The van der Waals surface area contributed by atoms with E-state index in [1.54, 1.807) is 6.07 Å². The summed E-state index contributed by atoms with van der Waals surface area (Å²) in [6, 6.07) is 21.3. The van der Waals surface area contributed by atoms with Gasteiger partial charge in [0, 0.05) is 17.7 Å². The summed E-state index contributed by atoms with van der Waals surface area (Å²) in [6.45, 7) is 0.450. The highest BCUT2D eigenvalue weighted by Crippen LogP contribution is 2.44. The molecule has 4 nitrogen and oxygen atoms in total. The number of rotatable bonds is 4. The molecule has 3 aromatic rings. The zero-order chi connectivity index (χ0) is 22.2. The molecule has 1 amide bonds. The van der Waals surface area contributed by atoms with Gasteiger partial charge in [-0.3, -0.25) is 9.69 Å². The van der Waals surface area contributed by atoms with Crippen molar-refractivity contribution in [2.24, 2.45) is 0 Å². The Morgan fingerprint density at radius 1 is 0.938 bits per heavy atom. The van der Waals surface area contributed by atoms with Gasteiger partial charge >= 0.3 is 6.09 Å². The number of hydrogen-bond acceptors (Lipinski definition) is 4. The molecule has 32 heavy (non-hydrogen) atoms. The number of hydrogen-bond donors (Lipinski definition) is 1. The first-order chi connectivity index (χ1) is 15.5. The number of Topliss-reactive ketones (excluding diaryl/α,β-unsaturated/α-hetero) is 1. The second kappa shape index (κ2) is 8.43. The summed E-state index contributed by atoms with van der Waals surface area (Å²) in [7, 11) is 0. The van der Waals surface area contributed by atoms with Gasteiger partial charge in [-0.2, -0.15) is 12.6 Å². The lowest BCUT2D eigenvalue weighted by molar-refractivity contribution is 0.0749. The molecular weight excluding hydrogens is 425 g/mol. The lowest BCUT2D eigenvalue weighted by Gasteiger charge is -2.24. The van der Waals surface area contributed by atoms with Crippen LogP contribution in [-0.4, -0.2) is 41.2 Å². The SMILES string of the molecule is O=C(c1ccccc1F)[C@@H]1C[C@@H](S)CN1C(=O)OCC1c2ccccc2-c2ccccc21. The second-order valence-electron chi connectivity index (χ2n) is 8.21. The van der Waals surface area contributed by atoms with Crippen LogP contribution in [0.25, 0.3) is 11.1 Å². The molecule has 0 unspecified atom stereocenters. The Labute approximate surface area is 191 Å². The number of halogens is 1. The normalized spacial score (nSPS) is 19.5. The monoisotopic (exact) mass is 447 g/mol. The van der Waals surface area contributed by atoms with Crippen molar-refractivity contribution in [2.45, 2.75) is 23.6 Å². The zero-order valence-corrected chi connectivity index (χ0v) is 18.2. The molecule has 5 rings (SSSR count). The Hall–Kier alpha value is -3.12. The van der Waals surface area contributed by atoms with Crippen LogP contribution < -0.4 is 0 Å². The number of thiol groups is 1. The fraction of sp³-hybridized carbons (Fsp3) is 0.231. The van der Waals surface area contributed by atoms with Crippen LogP contribution in [0.2, 0.25) is 0 Å². The molecule has 1 fully saturated rings. The van der Waals surface area contributed by atoms with E-state index >= 15 is 0 Å². The predicted octanol–water partition coefficient (Wildman–Crippen LogP) is 5.33. The number of ketones is 1. The number of likely N-dealkylation sites (tertiary alicyclic amines) is 1. The first-order valence-corrected chi connectivity index (χ1v) is 11.1. The largest absolute Gasteiger partial charge is 0.448 e. The molecule has 0 bridgehead atoms. The third-order valence-corrected chi connectivity index (χ3v) is 6.67. The molecule has 0 radical (unpaired) electrons. The molecule has 6 heteroatoms. The number of benzene rings is 3. The Morgan fingerprint density at radius 3 is 2.19 bits per heavy atom.